The minimum absolute atomic E-state index is 0.169. The van der Waals surface area contributed by atoms with Crippen LogP contribution in [0, 0.1) is 0 Å². The SMILES string of the molecule is CCN1CCCC1CNC(N)=NCc1cccnc1OCC(F)F. The van der Waals surface area contributed by atoms with E-state index in [1.54, 1.807) is 12.1 Å². The summed E-state index contributed by atoms with van der Waals surface area (Å²) in [6.07, 6.45) is 1.32. The van der Waals surface area contributed by atoms with Gasteiger partial charge < -0.3 is 15.8 Å². The van der Waals surface area contributed by atoms with Gasteiger partial charge in [0.25, 0.3) is 6.43 Å². The van der Waals surface area contributed by atoms with Crippen LogP contribution >= 0.6 is 0 Å². The van der Waals surface area contributed by atoms with Crippen molar-refractivity contribution in [2.24, 2.45) is 10.7 Å². The number of guanidine groups is 1. The van der Waals surface area contributed by atoms with Crippen molar-refractivity contribution in [3.63, 3.8) is 0 Å². The van der Waals surface area contributed by atoms with E-state index in [9.17, 15) is 8.78 Å². The van der Waals surface area contributed by atoms with Crippen molar-refractivity contribution >= 4 is 5.96 Å². The molecule has 2 rings (SSSR count). The Bertz CT molecular complexity index is 541. The monoisotopic (exact) mass is 341 g/mol. The molecule has 1 saturated heterocycles. The topological polar surface area (TPSA) is 75.8 Å². The third kappa shape index (κ3) is 5.59. The van der Waals surface area contributed by atoms with Crippen LogP contribution in [0.4, 0.5) is 8.78 Å². The fourth-order valence-electron chi connectivity index (χ4n) is 2.81. The number of hydrogen-bond donors (Lipinski definition) is 2. The number of likely N-dealkylation sites (tertiary alicyclic amines) is 1. The van der Waals surface area contributed by atoms with Crippen molar-refractivity contribution < 1.29 is 13.5 Å². The number of halogens is 2. The van der Waals surface area contributed by atoms with Gasteiger partial charge in [-0.3, -0.25) is 4.90 Å². The molecular weight excluding hydrogens is 316 g/mol. The van der Waals surface area contributed by atoms with Gasteiger partial charge in [-0.15, -0.1) is 0 Å². The quantitative estimate of drug-likeness (QED) is 0.555. The zero-order valence-corrected chi connectivity index (χ0v) is 13.9. The lowest BCUT2D eigenvalue weighted by Crippen LogP contribution is -2.42. The molecule has 0 radical (unpaired) electrons. The summed E-state index contributed by atoms with van der Waals surface area (Å²) >= 11 is 0. The summed E-state index contributed by atoms with van der Waals surface area (Å²) in [5.74, 6) is 0.504. The molecule has 0 aliphatic carbocycles. The second-order valence-electron chi connectivity index (χ2n) is 5.68. The van der Waals surface area contributed by atoms with Crippen molar-refractivity contribution in [1.82, 2.24) is 15.2 Å². The maximum absolute atomic E-state index is 12.3. The van der Waals surface area contributed by atoms with Gasteiger partial charge in [-0.25, -0.2) is 18.8 Å². The molecule has 0 amide bonds. The number of aliphatic imine (C=N–C) groups is 1. The predicted octanol–water partition coefficient (Wildman–Crippen LogP) is 1.61. The third-order valence-corrected chi connectivity index (χ3v) is 4.04. The van der Waals surface area contributed by atoms with Crippen LogP contribution < -0.4 is 15.8 Å². The smallest absolute Gasteiger partial charge is 0.272 e. The highest BCUT2D eigenvalue weighted by Crippen LogP contribution is 2.17. The average Bonchev–Trinajstić information content (AvgIpc) is 3.04. The highest BCUT2D eigenvalue weighted by atomic mass is 19.3. The first-order chi connectivity index (χ1) is 11.6. The van der Waals surface area contributed by atoms with Crippen LogP contribution in [0.5, 0.6) is 5.88 Å². The fraction of sp³-hybridized carbons (Fsp3) is 0.625. The van der Waals surface area contributed by atoms with Gasteiger partial charge in [0.05, 0.1) is 6.54 Å². The molecule has 1 atom stereocenters. The molecule has 0 saturated carbocycles. The Hall–Kier alpha value is -1.96. The first-order valence-electron chi connectivity index (χ1n) is 8.22. The molecule has 1 aromatic rings. The lowest BCUT2D eigenvalue weighted by molar-refractivity contribution is 0.0791. The van der Waals surface area contributed by atoms with Gasteiger partial charge in [-0.05, 0) is 32.0 Å². The first-order valence-corrected chi connectivity index (χ1v) is 8.22. The van der Waals surface area contributed by atoms with Gasteiger partial charge in [-0.1, -0.05) is 13.0 Å². The number of alkyl halides is 2. The van der Waals surface area contributed by atoms with Crippen molar-refractivity contribution in [2.45, 2.75) is 38.8 Å². The van der Waals surface area contributed by atoms with Gasteiger partial charge in [0.15, 0.2) is 12.6 Å². The zero-order chi connectivity index (χ0) is 17.4. The van der Waals surface area contributed by atoms with E-state index < -0.39 is 13.0 Å². The zero-order valence-electron chi connectivity index (χ0n) is 13.9. The van der Waals surface area contributed by atoms with Crippen LogP contribution in [-0.2, 0) is 6.54 Å². The lowest BCUT2D eigenvalue weighted by Gasteiger charge is -2.23. The van der Waals surface area contributed by atoms with E-state index in [0.29, 0.717) is 17.6 Å². The third-order valence-electron chi connectivity index (χ3n) is 4.04. The van der Waals surface area contributed by atoms with E-state index >= 15 is 0 Å². The Labute approximate surface area is 141 Å². The summed E-state index contributed by atoms with van der Waals surface area (Å²) in [5, 5.41) is 3.13. The second kappa shape index (κ2) is 9.36. The lowest BCUT2D eigenvalue weighted by atomic mass is 10.2. The maximum atomic E-state index is 12.3. The van der Waals surface area contributed by atoms with Gasteiger partial charge in [0, 0.05) is 24.3 Å². The molecule has 1 aliphatic heterocycles. The molecule has 0 spiro atoms. The van der Waals surface area contributed by atoms with E-state index in [4.69, 9.17) is 10.5 Å². The first kappa shape index (κ1) is 18.4. The summed E-state index contributed by atoms with van der Waals surface area (Å²) in [4.78, 5) is 10.6. The van der Waals surface area contributed by atoms with Crippen LogP contribution in [0.1, 0.15) is 25.3 Å². The Balaban J connectivity index is 1.85. The molecule has 8 heteroatoms. The minimum Gasteiger partial charge on any atom is -0.471 e. The van der Waals surface area contributed by atoms with Crippen molar-refractivity contribution in [1.29, 1.82) is 0 Å². The number of likely N-dealkylation sites (N-methyl/N-ethyl adjacent to an activating group) is 1. The maximum Gasteiger partial charge on any atom is 0.272 e. The predicted molar refractivity (Wildman–Crippen MR) is 89.3 cm³/mol. The summed E-state index contributed by atoms with van der Waals surface area (Å²) < 4.78 is 29.5. The number of rotatable bonds is 8. The Morgan fingerprint density at radius 2 is 2.42 bits per heavy atom. The summed E-state index contributed by atoms with van der Waals surface area (Å²) in [6, 6.07) is 3.92. The van der Waals surface area contributed by atoms with Crippen LogP contribution in [0.25, 0.3) is 0 Å². The normalized spacial score (nSPS) is 19.0. The molecule has 0 bridgehead atoms. The van der Waals surface area contributed by atoms with Crippen molar-refractivity contribution in [3.8, 4) is 5.88 Å². The van der Waals surface area contributed by atoms with Gasteiger partial charge >= 0.3 is 0 Å². The van der Waals surface area contributed by atoms with E-state index in [0.717, 1.165) is 26.1 Å². The molecule has 6 nitrogen and oxygen atoms in total. The van der Waals surface area contributed by atoms with Crippen LogP contribution in [0.15, 0.2) is 23.3 Å². The van der Waals surface area contributed by atoms with Crippen molar-refractivity contribution in [2.75, 3.05) is 26.2 Å². The molecule has 134 valence electrons. The second-order valence-corrected chi connectivity index (χ2v) is 5.68. The van der Waals surface area contributed by atoms with Crippen LogP contribution in [0.3, 0.4) is 0 Å². The minimum atomic E-state index is -2.54. The number of nitrogens with two attached hydrogens (primary N) is 1. The molecule has 24 heavy (non-hydrogen) atoms. The molecule has 2 heterocycles. The standard InChI is InChI=1S/C16H25F2N5O/c1-2-23-8-4-6-13(23)10-22-16(19)21-9-12-5-3-7-20-15(12)24-11-14(17)18/h3,5,7,13-14H,2,4,6,8-11H2,1H3,(H3,19,21,22). The van der Waals surface area contributed by atoms with E-state index in [2.05, 4.69) is 27.1 Å². The Morgan fingerprint density at radius 1 is 1.58 bits per heavy atom. The number of pyridine rings is 1. The summed E-state index contributed by atoms with van der Waals surface area (Å²) in [5.41, 5.74) is 6.52. The van der Waals surface area contributed by atoms with E-state index in [1.807, 2.05) is 0 Å². The number of nitrogens with one attached hydrogen (secondary N) is 1. The van der Waals surface area contributed by atoms with E-state index in [1.165, 1.54) is 12.6 Å². The van der Waals surface area contributed by atoms with Crippen molar-refractivity contribution in [3.05, 3.63) is 23.9 Å². The number of hydrogen-bond acceptors (Lipinski definition) is 4. The van der Waals surface area contributed by atoms with Crippen LogP contribution in [-0.4, -0.2) is 54.6 Å². The van der Waals surface area contributed by atoms with Gasteiger partial charge in [0.1, 0.15) is 0 Å². The Kier molecular flexibility index (Phi) is 7.17. The Morgan fingerprint density at radius 3 is 3.17 bits per heavy atom. The molecular formula is C16H25F2N5O. The molecule has 3 N–H and O–H groups in total. The molecule has 0 aromatic carbocycles. The summed E-state index contributed by atoms with van der Waals surface area (Å²) in [6.45, 7) is 4.61. The highest BCUT2D eigenvalue weighted by Gasteiger charge is 2.22. The molecule has 1 fully saturated rings. The van der Waals surface area contributed by atoms with Gasteiger partial charge in [0.2, 0.25) is 5.88 Å². The summed E-state index contributed by atoms with van der Waals surface area (Å²) in [7, 11) is 0. The fourth-order valence-corrected chi connectivity index (χ4v) is 2.81. The number of aromatic nitrogens is 1. The average molecular weight is 341 g/mol. The molecule has 1 unspecified atom stereocenters. The van der Waals surface area contributed by atoms with Crippen LogP contribution in [0.2, 0.25) is 0 Å². The van der Waals surface area contributed by atoms with E-state index in [-0.39, 0.29) is 12.4 Å². The molecule has 1 aliphatic rings. The number of ether oxygens (including phenoxy) is 1. The highest BCUT2D eigenvalue weighted by molar-refractivity contribution is 5.77. The largest absolute Gasteiger partial charge is 0.471 e. The number of nitrogens with zero attached hydrogens (tertiary/aromatic N) is 3. The van der Waals surface area contributed by atoms with Gasteiger partial charge in [-0.2, -0.15) is 0 Å². The molecule has 1 aromatic heterocycles.